The molecule has 1 aromatic heterocycles. The third-order valence-corrected chi connectivity index (χ3v) is 4.37. The monoisotopic (exact) mass is 377 g/mol. The molecule has 0 bridgehead atoms. The van der Waals surface area contributed by atoms with Crippen LogP contribution in [-0.4, -0.2) is 5.91 Å². The molecule has 0 fully saturated rings. The molecule has 22 heavy (non-hydrogen) atoms. The molecule has 0 atom stereocenters. The lowest BCUT2D eigenvalue weighted by Crippen LogP contribution is -2.12. The van der Waals surface area contributed by atoms with E-state index in [1.165, 1.54) is 0 Å². The highest BCUT2D eigenvalue weighted by Gasteiger charge is 2.18. The van der Waals surface area contributed by atoms with Crippen LogP contribution in [-0.2, 0) is 0 Å². The van der Waals surface area contributed by atoms with Gasteiger partial charge in [-0.05, 0) is 65.7 Å². The molecule has 0 saturated heterocycles. The number of halogens is 2. The van der Waals surface area contributed by atoms with E-state index in [9.17, 15) is 4.79 Å². The molecular weight excluding hydrogens is 366 g/mol. The van der Waals surface area contributed by atoms with Crippen LogP contribution < -0.4 is 5.32 Å². The fraction of sp³-hybridized carbons (Fsp3) is 0.118. The van der Waals surface area contributed by atoms with Gasteiger partial charge in [-0.1, -0.05) is 17.7 Å². The molecule has 0 unspecified atom stereocenters. The predicted molar refractivity (Wildman–Crippen MR) is 92.8 cm³/mol. The second-order valence-electron chi connectivity index (χ2n) is 5.13. The van der Waals surface area contributed by atoms with Gasteiger partial charge < -0.3 is 9.73 Å². The van der Waals surface area contributed by atoms with E-state index >= 15 is 0 Å². The van der Waals surface area contributed by atoms with Crippen molar-refractivity contribution in [3.63, 3.8) is 0 Å². The summed E-state index contributed by atoms with van der Waals surface area (Å²) in [5.41, 5.74) is 3.24. The summed E-state index contributed by atoms with van der Waals surface area (Å²) in [4.78, 5) is 12.5. The van der Waals surface area contributed by atoms with E-state index in [0.717, 1.165) is 21.0 Å². The Balaban J connectivity index is 1.97. The van der Waals surface area contributed by atoms with Crippen molar-refractivity contribution in [2.45, 2.75) is 13.8 Å². The number of rotatable bonds is 2. The number of fused-ring (bicyclic) bond motifs is 1. The fourth-order valence-corrected chi connectivity index (χ4v) is 3.07. The molecule has 1 N–H and O–H groups in total. The lowest BCUT2D eigenvalue weighted by Gasteiger charge is -2.07. The molecule has 3 rings (SSSR count). The van der Waals surface area contributed by atoms with E-state index in [0.29, 0.717) is 22.1 Å². The maximum Gasteiger partial charge on any atom is 0.291 e. The molecule has 1 heterocycles. The number of carbonyl (C=O) groups excluding carboxylic acids is 1. The van der Waals surface area contributed by atoms with Crippen LogP contribution in [0.5, 0.6) is 0 Å². The van der Waals surface area contributed by atoms with Gasteiger partial charge in [0, 0.05) is 20.4 Å². The molecule has 3 aromatic rings. The summed E-state index contributed by atoms with van der Waals surface area (Å²) >= 11 is 9.44. The van der Waals surface area contributed by atoms with E-state index in [1.807, 2.05) is 32.0 Å². The lowest BCUT2D eigenvalue weighted by molar-refractivity contribution is 0.0998. The van der Waals surface area contributed by atoms with Crippen molar-refractivity contribution in [3.8, 4) is 0 Å². The smallest absolute Gasteiger partial charge is 0.291 e. The summed E-state index contributed by atoms with van der Waals surface area (Å²) in [6.45, 7) is 3.84. The van der Waals surface area contributed by atoms with Crippen molar-refractivity contribution in [1.29, 1.82) is 0 Å². The third kappa shape index (κ3) is 2.76. The zero-order valence-corrected chi connectivity index (χ0v) is 14.4. The van der Waals surface area contributed by atoms with Crippen LogP contribution in [0.4, 0.5) is 5.69 Å². The number of hydrogen-bond acceptors (Lipinski definition) is 2. The Morgan fingerprint density at radius 3 is 2.68 bits per heavy atom. The number of amides is 1. The van der Waals surface area contributed by atoms with Gasteiger partial charge in [0.1, 0.15) is 5.58 Å². The number of furan rings is 1. The number of benzene rings is 2. The summed E-state index contributed by atoms with van der Waals surface area (Å²) in [7, 11) is 0. The molecule has 5 heteroatoms. The second-order valence-corrected chi connectivity index (χ2v) is 6.42. The minimum absolute atomic E-state index is 0.283. The van der Waals surface area contributed by atoms with Gasteiger partial charge in [-0.2, -0.15) is 0 Å². The summed E-state index contributed by atoms with van der Waals surface area (Å²) < 4.78 is 6.50. The van der Waals surface area contributed by atoms with Gasteiger partial charge in [0.15, 0.2) is 5.76 Å². The van der Waals surface area contributed by atoms with Gasteiger partial charge in [0.05, 0.1) is 5.69 Å². The zero-order chi connectivity index (χ0) is 15.9. The minimum Gasteiger partial charge on any atom is -0.451 e. The van der Waals surface area contributed by atoms with Crippen LogP contribution >= 0.6 is 27.5 Å². The molecule has 112 valence electrons. The Hall–Kier alpha value is -1.78. The van der Waals surface area contributed by atoms with Crippen LogP contribution in [0.2, 0.25) is 5.02 Å². The van der Waals surface area contributed by atoms with Crippen LogP contribution in [0.15, 0.2) is 45.3 Å². The Morgan fingerprint density at radius 1 is 1.18 bits per heavy atom. The van der Waals surface area contributed by atoms with Crippen molar-refractivity contribution >= 4 is 50.1 Å². The van der Waals surface area contributed by atoms with E-state index in [2.05, 4.69) is 21.2 Å². The van der Waals surface area contributed by atoms with Crippen molar-refractivity contribution in [1.82, 2.24) is 0 Å². The quantitative estimate of drug-likeness (QED) is 0.620. The normalized spacial score (nSPS) is 10.9. The molecule has 0 aliphatic rings. The van der Waals surface area contributed by atoms with Crippen molar-refractivity contribution in [2.75, 3.05) is 5.32 Å². The maximum atomic E-state index is 12.5. The standard InChI is InChI=1S/C17H13BrClNO2/c1-9-3-5-14(13(18)7-9)20-17(21)16-10(2)12-8-11(19)4-6-15(12)22-16/h3-8H,1-2H3,(H,20,21). The molecule has 0 spiro atoms. The first-order valence-electron chi connectivity index (χ1n) is 6.72. The number of hydrogen-bond donors (Lipinski definition) is 1. The van der Waals surface area contributed by atoms with Gasteiger partial charge in [0.2, 0.25) is 0 Å². The molecule has 0 aliphatic heterocycles. The molecule has 3 nitrogen and oxygen atoms in total. The maximum absolute atomic E-state index is 12.5. The first-order valence-corrected chi connectivity index (χ1v) is 7.89. The number of anilines is 1. The van der Waals surface area contributed by atoms with Crippen LogP contribution in [0, 0.1) is 13.8 Å². The molecule has 0 radical (unpaired) electrons. The van der Waals surface area contributed by atoms with Crippen molar-refractivity contribution < 1.29 is 9.21 Å². The summed E-state index contributed by atoms with van der Waals surface area (Å²) in [5.74, 6) is 0.0131. The Bertz CT molecular complexity index is 886. The Kier molecular flexibility index (Phi) is 3.98. The largest absolute Gasteiger partial charge is 0.451 e. The third-order valence-electron chi connectivity index (χ3n) is 3.48. The van der Waals surface area contributed by atoms with Gasteiger partial charge in [-0.25, -0.2) is 0 Å². The first-order chi connectivity index (χ1) is 10.5. The second kappa shape index (κ2) is 5.78. The summed E-state index contributed by atoms with van der Waals surface area (Å²) in [5, 5.41) is 4.32. The van der Waals surface area contributed by atoms with E-state index in [1.54, 1.807) is 18.2 Å². The highest BCUT2D eigenvalue weighted by molar-refractivity contribution is 9.10. The summed E-state index contributed by atoms with van der Waals surface area (Å²) in [6.07, 6.45) is 0. The van der Waals surface area contributed by atoms with Crippen LogP contribution in [0.1, 0.15) is 21.7 Å². The first kappa shape index (κ1) is 15.1. The average Bonchev–Trinajstić information content (AvgIpc) is 2.79. The fourth-order valence-electron chi connectivity index (χ4n) is 2.31. The number of carbonyl (C=O) groups is 1. The molecule has 1 amide bonds. The predicted octanol–water partition coefficient (Wildman–Crippen LogP) is 5.72. The van der Waals surface area contributed by atoms with Gasteiger partial charge in [0.25, 0.3) is 5.91 Å². The molecule has 0 aliphatic carbocycles. The molecule has 2 aromatic carbocycles. The van der Waals surface area contributed by atoms with E-state index < -0.39 is 0 Å². The number of aryl methyl sites for hydroxylation is 2. The van der Waals surface area contributed by atoms with Crippen LogP contribution in [0.25, 0.3) is 11.0 Å². The molecule has 0 saturated carbocycles. The van der Waals surface area contributed by atoms with Gasteiger partial charge in [-0.15, -0.1) is 0 Å². The zero-order valence-electron chi connectivity index (χ0n) is 12.0. The van der Waals surface area contributed by atoms with E-state index in [4.69, 9.17) is 16.0 Å². The van der Waals surface area contributed by atoms with E-state index in [-0.39, 0.29) is 5.91 Å². The highest BCUT2D eigenvalue weighted by Crippen LogP contribution is 2.29. The Labute approximate surface area is 141 Å². The average molecular weight is 379 g/mol. The lowest BCUT2D eigenvalue weighted by atomic mass is 10.1. The molecular formula is C17H13BrClNO2. The van der Waals surface area contributed by atoms with Crippen molar-refractivity contribution in [3.05, 3.63) is 62.8 Å². The van der Waals surface area contributed by atoms with Crippen molar-refractivity contribution in [2.24, 2.45) is 0 Å². The SMILES string of the molecule is Cc1ccc(NC(=O)c2oc3ccc(Cl)cc3c2C)c(Br)c1. The van der Waals surface area contributed by atoms with Gasteiger partial charge >= 0.3 is 0 Å². The Morgan fingerprint density at radius 2 is 1.95 bits per heavy atom. The van der Waals surface area contributed by atoms with Crippen LogP contribution in [0.3, 0.4) is 0 Å². The summed E-state index contributed by atoms with van der Waals surface area (Å²) in [6, 6.07) is 11.0. The number of nitrogens with one attached hydrogen (secondary N) is 1. The minimum atomic E-state index is -0.283. The topological polar surface area (TPSA) is 42.2 Å². The van der Waals surface area contributed by atoms with Gasteiger partial charge in [-0.3, -0.25) is 4.79 Å². The highest BCUT2D eigenvalue weighted by atomic mass is 79.9.